The van der Waals surface area contributed by atoms with E-state index in [9.17, 15) is 0 Å². The van der Waals surface area contributed by atoms with Gasteiger partial charge in [-0.15, -0.1) is 11.3 Å². The van der Waals surface area contributed by atoms with Crippen LogP contribution in [-0.4, -0.2) is 27.6 Å². The fourth-order valence-corrected chi connectivity index (χ4v) is 4.23. The summed E-state index contributed by atoms with van der Waals surface area (Å²) in [4.78, 5) is 5.71. The molecule has 1 atom stereocenters. The molecule has 2 aromatic heterocycles. The van der Waals surface area contributed by atoms with Gasteiger partial charge in [-0.3, -0.25) is 15.7 Å². The number of aromatic nitrogens is 2. The molecule has 1 aliphatic rings. The lowest BCUT2D eigenvalue weighted by molar-refractivity contribution is -0.0899. The first-order chi connectivity index (χ1) is 10.3. The average molecular weight is 308 g/mol. The summed E-state index contributed by atoms with van der Waals surface area (Å²) in [7, 11) is 0. The van der Waals surface area contributed by atoms with E-state index in [4.69, 9.17) is 10.6 Å². The fourth-order valence-electron chi connectivity index (χ4n) is 3.51. The molecule has 0 aromatic carbocycles. The van der Waals surface area contributed by atoms with Crippen molar-refractivity contribution < 1.29 is 4.74 Å². The van der Waals surface area contributed by atoms with Crippen molar-refractivity contribution in [1.29, 1.82) is 0 Å². The van der Waals surface area contributed by atoms with Crippen LogP contribution in [-0.2, 0) is 11.2 Å². The number of nitrogens with two attached hydrogens (primary N) is 1. The Bertz CT molecular complexity index is 539. The molecule has 21 heavy (non-hydrogen) atoms. The lowest BCUT2D eigenvalue weighted by atomic mass is 9.78. The highest BCUT2D eigenvalue weighted by molar-refractivity contribution is 7.15. The summed E-state index contributed by atoms with van der Waals surface area (Å²) in [6.45, 7) is 2.80. The van der Waals surface area contributed by atoms with Gasteiger partial charge in [0.1, 0.15) is 0 Å². The minimum Gasteiger partial charge on any atom is -0.374 e. The normalized spacial score (nSPS) is 19.9. The van der Waals surface area contributed by atoms with E-state index in [1.54, 1.807) is 11.3 Å². The van der Waals surface area contributed by atoms with Crippen molar-refractivity contribution >= 4 is 16.3 Å². The molecule has 1 fully saturated rings. The molecule has 1 aliphatic carbocycles. The topological polar surface area (TPSA) is 64.6 Å². The molecule has 1 saturated carbocycles. The Hall–Kier alpha value is -0.950. The highest BCUT2D eigenvalue weighted by Gasteiger charge is 2.40. The van der Waals surface area contributed by atoms with Crippen LogP contribution in [0.25, 0.3) is 4.96 Å². The molecule has 0 bridgehead atoms. The summed E-state index contributed by atoms with van der Waals surface area (Å²) >= 11 is 1.66. The van der Waals surface area contributed by atoms with E-state index in [1.807, 2.05) is 11.6 Å². The van der Waals surface area contributed by atoms with Gasteiger partial charge < -0.3 is 4.74 Å². The Kier molecular flexibility index (Phi) is 4.59. The minimum atomic E-state index is -0.140. The van der Waals surface area contributed by atoms with E-state index < -0.39 is 0 Å². The number of imidazole rings is 1. The van der Waals surface area contributed by atoms with Crippen LogP contribution in [0.1, 0.15) is 44.7 Å². The number of hydrazine groups is 1. The van der Waals surface area contributed by atoms with Crippen LogP contribution in [0.15, 0.2) is 17.8 Å². The molecule has 1 unspecified atom stereocenters. The van der Waals surface area contributed by atoms with E-state index in [2.05, 4.69) is 27.9 Å². The van der Waals surface area contributed by atoms with E-state index in [0.717, 1.165) is 36.5 Å². The van der Waals surface area contributed by atoms with Gasteiger partial charge in [-0.1, -0.05) is 19.3 Å². The van der Waals surface area contributed by atoms with E-state index in [1.165, 1.54) is 19.3 Å². The van der Waals surface area contributed by atoms with Gasteiger partial charge in [-0.2, -0.15) is 0 Å². The third-order valence-corrected chi connectivity index (χ3v) is 5.30. The van der Waals surface area contributed by atoms with E-state index >= 15 is 0 Å². The van der Waals surface area contributed by atoms with Crippen molar-refractivity contribution in [3.8, 4) is 0 Å². The highest BCUT2D eigenvalue weighted by Crippen LogP contribution is 2.35. The first-order valence-corrected chi connectivity index (χ1v) is 8.66. The van der Waals surface area contributed by atoms with Crippen molar-refractivity contribution in [3.63, 3.8) is 0 Å². The summed E-state index contributed by atoms with van der Waals surface area (Å²) in [6, 6.07) is 0.113. The van der Waals surface area contributed by atoms with Crippen LogP contribution in [0.2, 0.25) is 0 Å². The first-order valence-electron chi connectivity index (χ1n) is 7.78. The number of fused-ring (bicyclic) bond motifs is 1. The van der Waals surface area contributed by atoms with E-state index in [-0.39, 0.29) is 11.6 Å². The molecule has 0 aliphatic heterocycles. The van der Waals surface area contributed by atoms with Crippen LogP contribution in [0.4, 0.5) is 0 Å². The Balaban J connectivity index is 1.80. The molecular formula is C15H24N4OS. The van der Waals surface area contributed by atoms with Gasteiger partial charge in [-0.25, -0.2) is 4.98 Å². The van der Waals surface area contributed by atoms with E-state index in [0.29, 0.717) is 0 Å². The molecule has 0 radical (unpaired) electrons. The number of rotatable bonds is 6. The van der Waals surface area contributed by atoms with Gasteiger partial charge in [0.05, 0.1) is 17.3 Å². The molecule has 3 N–H and O–H groups in total. The Labute approximate surface area is 129 Å². The molecule has 0 spiro atoms. The molecule has 6 heteroatoms. The molecule has 2 aromatic rings. The smallest absolute Gasteiger partial charge is 0.193 e. The summed E-state index contributed by atoms with van der Waals surface area (Å²) in [5.74, 6) is 5.87. The maximum Gasteiger partial charge on any atom is 0.193 e. The second kappa shape index (κ2) is 6.44. The van der Waals surface area contributed by atoms with Crippen molar-refractivity contribution in [2.45, 2.75) is 57.1 Å². The number of nitrogens with zero attached hydrogens (tertiary/aromatic N) is 2. The Morgan fingerprint density at radius 2 is 2.29 bits per heavy atom. The minimum absolute atomic E-state index is 0.113. The van der Waals surface area contributed by atoms with Crippen molar-refractivity contribution in [2.24, 2.45) is 5.84 Å². The monoisotopic (exact) mass is 308 g/mol. The van der Waals surface area contributed by atoms with Gasteiger partial charge in [-0.05, 0) is 19.8 Å². The molecule has 0 saturated heterocycles. The fraction of sp³-hybridized carbons (Fsp3) is 0.667. The molecule has 0 amide bonds. The third kappa shape index (κ3) is 2.99. The molecule has 5 nitrogen and oxygen atoms in total. The number of ether oxygens (including phenoxy) is 1. The Morgan fingerprint density at radius 1 is 1.48 bits per heavy atom. The van der Waals surface area contributed by atoms with Crippen LogP contribution >= 0.6 is 11.3 Å². The number of hydrogen-bond donors (Lipinski definition) is 2. The zero-order valence-corrected chi connectivity index (χ0v) is 13.4. The molecule has 3 rings (SSSR count). The number of nitrogens with one attached hydrogen (secondary N) is 1. The van der Waals surface area contributed by atoms with Gasteiger partial charge in [0.25, 0.3) is 0 Å². The lowest BCUT2D eigenvalue weighted by Crippen LogP contribution is -2.57. The molecule has 2 heterocycles. The van der Waals surface area contributed by atoms with Gasteiger partial charge in [0.15, 0.2) is 4.96 Å². The third-order valence-electron chi connectivity index (χ3n) is 4.52. The summed E-state index contributed by atoms with van der Waals surface area (Å²) in [5.41, 5.74) is 3.95. The zero-order valence-electron chi connectivity index (χ0n) is 12.5. The van der Waals surface area contributed by atoms with Gasteiger partial charge in [0, 0.05) is 30.8 Å². The largest absolute Gasteiger partial charge is 0.374 e. The van der Waals surface area contributed by atoms with Gasteiger partial charge >= 0.3 is 0 Å². The van der Waals surface area contributed by atoms with Crippen LogP contribution in [0.5, 0.6) is 0 Å². The van der Waals surface area contributed by atoms with Crippen LogP contribution in [0.3, 0.4) is 0 Å². The van der Waals surface area contributed by atoms with Crippen LogP contribution < -0.4 is 11.3 Å². The molecule has 116 valence electrons. The maximum atomic E-state index is 6.18. The predicted octanol–water partition coefficient (Wildman–Crippen LogP) is 2.51. The SMILES string of the molecule is CCOC1(C(Cc2cn3ccsc3n2)NN)CCCCC1. The second-order valence-electron chi connectivity index (χ2n) is 5.81. The predicted molar refractivity (Wildman–Crippen MR) is 85.3 cm³/mol. The zero-order chi connectivity index (χ0) is 14.7. The Morgan fingerprint density at radius 3 is 2.95 bits per heavy atom. The standard InChI is InChI=1S/C15H24N4OS/c1-2-20-15(6-4-3-5-7-15)13(18-16)10-12-11-19-8-9-21-14(19)17-12/h8-9,11,13,18H,2-7,10,16H2,1H3. The summed E-state index contributed by atoms with van der Waals surface area (Å²) in [6.07, 6.45) is 10.8. The average Bonchev–Trinajstić information content (AvgIpc) is 3.07. The van der Waals surface area contributed by atoms with Crippen molar-refractivity contribution in [3.05, 3.63) is 23.5 Å². The maximum absolute atomic E-state index is 6.18. The first kappa shape index (κ1) is 15.0. The number of thiazole rings is 1. The summed E-state index contributed by atoms with van der Waals surface area (Å²) in [5, 5.41) is 2.05. The molecular weight excluding hydrogens is 284 g/mol. The van der Waals surface area contributed by atoms with Crippen molar-refractivity contribution in [2.75, 3.05) is 6.61 Å². The quantitative estimate of drug-likeness (QED) is 0.636. The highest BCUT2D eigenvalue weighted by atomic mass is 32.1. The summed E-state index contributed by atoms with van der Waals surface area (Å²) < 4.78 is 8.25. The number of hydrogen-bond acceptors (Lipinski definition) is 5. The second-order valence-corrected chi connectivity index (χ2v) is 6.68. The van der Waals surface area contributed by atoms with Crippen LogP contribution in [0, 0.1) is 0 Å². The van der Waals surface area contributed by atoms with Gasteiger partial charge in [0.2, 0.25) is 0 Å². The lowest BCUT2D eigenvalue weighted by Gasteiger charge is -2.42. The van der Waals surface area contributed by atoms with Crippen molar-refractivity contribution in [1.82, 2.24) is 14.8 Å².